The van der Waals surface area contributed by atoms with Crippen molar-refractivity contribution in [3.05, 3.63) is 83.6 Å². The monoisotopic (exact) mass is 382 g/mol. The first kappa shape index (κ1) is 18.7. The highest BCUT2D eigenvalue weighted by atomic mass is 35.5. The molecule has 5 nitrogen and oxygen atoms in total. The molecule has 0 radical (unpaired) electrons. The summed E-state index contributed by atoms with van der Waals surface area (Å²) < 4.78 is 11.4. The minimum Gasteiger partial charge on any atom is -0.489 e. The lowest BCUT2D eigenvalue weighted by molar-refractivity contribution is -0.122. The van der Waals surface area contributed by atoms with Gasteiger partial charge in [-0.05, 0) is 43.3 Å². The lowest BCUT2D eigenvalue weighted by Gasteiger charge is -2.15. The minimum atomic E-state index is -0.677. The molecule has 6 heteroatoms. The van der Waals surface area contributed by atoms with Gasteiger partial charge in [-0.25, -0.2) is 0 Å². The highest BCUT2D eigenvalue weighted by molar-refractivity contribution is 6.30. The van der Waals surface area contributed by atoms with Crippen molar-refractivity contribution in [2.24, 2.45) is 0 Å². The summed E-state index contributed by atoms with van der Waals surface area (Å²) >= 11 is 5.93. The van der Waals surface area contributed by atoms with E-state index in [2.05, 4.69) is 10.3 Å². The molecule has 2 aromatic carbocycles. The van der Waals surface area contributed by atoms with Crippen LogP contribution in [0.2, 0.25) is 5.02 Å². The standard InChI is InChI=1S/C21H19ClN2O3/c1-15(27-20-9-2-6-17(22)11-20)21(25)24-18-7-3-8-19(12-18)26-14-16-5-4-10-23-13-16/h2-13,15H,14H2,1H3,(H,24,25). The lowest BCUT2D eigenvalue weighted by atomic mass is 10.2. The number of carbonyl (C=O) groups is 1. The second-order valence-electron chi connectivity index (χ2n) is 5.88. The molecule has 0 bridgehead atoms. The Bertz CT molecular complexity index is 903. The fourth-order valence-corrected chi connectivity index (χ4v) is 2.54. The quantitative estimate of drug-likeness (QED) is 0.642. The first-order chi connectivity index (χ1) is 13.1. The maximum Gasteiger partial charge on any atom is 0.265 e. The summed E-state index contributed by atoms with van der Waals surface area (Å²) in [5.41, 5.74) is 1.60. The van der Waals surface area contributed by atoms with Crippen LogP contribution < -0.4 is 14.8 Å². The Balaban J connectivity index is 1.57. The van der Waals surface area contributed by atoms with Crippen LogP contribution in [0.4, 0.5) is 5.69 Å². The van der Waals surface area contributed by atoms with Crippen LogP contribution in [-0.2, 0) is 11.4 Å². The number of carbonyl (C=O) groups excluding carboxylic acids is 1. The van der Waals surface area contributed by atoms with E-state index in [1.807, 2.05) is 24.3 Å². The van der Waals surface area contributed by atoms with Crippen molar-refractivity contribution in [1.29, 1.82) is 0 Å². The Morgan fingerprint density at radius 3 is 2.70 bits per heavy atom. The van der Waals surface area contributed by atoms with Gasteiger partial charge in [-0.15, -0.1) is 0 Å². The highest BCUT2D eigenvalue weighted by Crippen LogP contribution is 2.21. The maximum absolute atomic E-state index is 12.4. The molecule has 0 saturated heterocycles. The van der Waals surface area contributed by atoms with E-state index in [0.717, 1.165) is 5.56 Å². The Labute approximate surface area is 162 Å². The van der Waals surface area contributed by atoms with Gasteiger partial charge in [-0.3, -0.25) is 9.78 Å². The number of nitrogens with one attached hydrogen (secondary N) is 1. The van der Waals surface area contributed by atoms with Gasteiger partial charge in [0.05, 0.1) is 0 Å². The fourth-order valence-electron chi connectivity index (χ4n) is 2.36. The van der Waals surface area contributed by atoms with Gasteiger partial charge < -0.3 is 14.8 Å². The van der Waals surface area contributed by atoms with E-state index < -0.39 is 6.10 Å². The summed E-state index contributed by atoms with van der Waals surface area (Å²) in [6, 6.07) is 17.9. The van der Waals surface area contributed by atoms with Gasteiger partial charge in [-0.1, -0.05) is 29.8 Å². The molecular weight excluding hydrogens is 364 g/mol. The molecule has 0 aliphatic heterocycles. The first-order valence-corrected chi connectivity index (χ1v) is 8.83. The molecule has 0 saturated carbocycles. The maximum atomic E-state index is 12.4. The van der Waals surface area contributed by atoms with Gasteiger partial charge in [-0.2, -0.15) is 0 Å². The van der Waals surface area contributed by atoms with E-state index in [-0.39, 0.29) is 5.91 Å². The fraction of sp³-hybridized carbons (Fsp3) is 0.143. The Kier molecular flexibility index (Phi) is 6.28. The molecule has 0 aliphatic carbocycles. The van der Waals surface area contributed by atoms with Gasteiger partial charge in [0.25, 0.3) is 5.91 Å². The topological polar surface area (TPSA) is 60.5 Å². The predicted molar refractivity (Wildman–Crippen MR) is 105 cm³/mol. The summed E-state index contributed by atoms with van der Waals surface area (Å²) in [5.74, 6) is 0.929. The number of hydrogen-bond acceptors (Lipinski definition) is 4. The molecule has 1 heterocycles. The van der Waals surface area contributed by atoms with Crippen molar-refractivity contribution in [3.63, 3.8) is 0 Å². The first-order valence-electron chi connectivity index (χ1n) is 8.45. The summed E-state index contributed by atoms with van der Waals surface area (Å²) in [5, 5.41) is 3.38. The van der Waals surface area contributed by atoms with Gasteiger partial charge >= 0.3 is 0 Å². The predicted octanol–water partition coefficient (Wildman–Crippen LogP) is 4.72. The number of hydrogen-bond donors (Lipinski definition) is 1. The number of anilines is 1. The number of ether oxygens (including phenoxy) is 2. The lowest BCUT2D eigenvalue weighted by Crippen LogP contribution is -2.30. The molecule has 1 amide bonds. The highest BCUT2D eigenvalue weighted by Gasteiger charge is 2.15. The van der Waals surface area contributed by atoms with E-state index in [1.54, 1.807) is 55.7 Å². The van der Waals surface area contributed by atoms with Crippen LogP contribution in [0.5, 0.6) is 11.5 Å². The normalized spacial score (nSPS) is 11.5. The van der Waals surface area contributed by atoms with Crippen LogP contribution in [0, 0.1) is 0 Å². The molecule has 27 heavy (non-hydrogen) atoms. The molecule has 1 N–H and O–H groups in total. The van der Waals surface area contributed by atoms with Gasteiger partial charge in [0.15, 0.2) is 6.10 Å². The number of pyridine rings is 1. The number of aromatic nitrogens is 1. The molecule has 3 rings (SSSR count). The summed E-state index contributed by atoms with van der Waals surface area (Å²) in [6.45, 7) is 2.08. The molecule has 0 fully saturated rings. The van der Waals surface area contributed by atoms with E-state index in [4.69, 9.17) is 21.1 Å². The van der Waals surface area contributed by atoms with Gasteiger partial charge in [0.1, 0.15) is 18.1 Å². The smallest absolute Gasteiger partial charge is 0.265 e. The third-order valence-corrected chi connectivity index (χ3v) is 3.94. The van der Waals surface area contributed by atoms with E-state index in [9.17, 15) is 4.79 Å². The Hall–Kier alpha value is -3.05. The summed E-state index contributed by atoms with van der Waals surface area (Å²) in [4.78, 5) is 16.4. The molecule has 3 aromatic rings. The average Bonchev–Trinajstić information content (AvgIpc) is 2.67. The van der Waals surface area contributed by atoms with Crippen molar-refractivity contribution in [2.45, 2.75) is 19.6 Å². The molecule has 1 unspecified atom stereocenters. The molecule has 138 valence electrons. The number of amides is 1. The molecular formula is C21H19ClN2O3. The minimum absolute atomic E-state index is 0.264. The van der Waals surface area contributed by atoms with E-state index >= 15 is 0 Å². The third-order valence-electron chi connectivity index (χ3n) is 3.71. The summed E-state index contributed by atoms with van der Waals surface area (Å²) in [6.07, 6.45) is 2.79. The van der Waals surface area contributed by atoms with E-state index in [1.165, 1.54) is 0 Å². The Morgan fingerprint density at radius 1 is 1.11 bits per heavy atom. The van der Waals surface area contributed by atoms with Crippen LogP contribution >= 0.6 is 11.6 Å². The van der Waals surface area contributed by atoms with Crippen molar-refractivity contribution >= 4 is 23.2 Å². The zero-order chi connectivity index (χ0) is 19.1. The second-order valence-corrected chi connectivity index (χ2v) is 6.32. The van der Waals surface area contributed by atoms with Crippen molar-refractivity contribution in [2.75, 3.05) is 5.32 Å². The van der Waals surface area contributed by atoms with Crippen LogP contribution in [0.25, 0.3) is 0 Å². The van der Waals surface area contributed by atoms with Crippen LogP contribution in [0.3, 0.4) is 0 Å². The zero-order valence-corrected chi connectivity index (χ0v) is 15.5. The molecule has 0 spiro atoms. The SMILES string of the molecule is CC(Oc1cccc(Cl)c1)C(=O)Nc1cccc(OCc2cccnc2)c1. The Morgan fingerprint density at radius 2 is 1.93 bits per heavy atom. The van der Waals surface area contributed by atoms with Gasteiger partial charge in [0, 0.05) is 34.7 Å². The van der Waals surface area contributed by atoms with Crippen molar-refractivity contribution < 1.29 is 14.3 Å². The van der Waals surface area contributed by atoms with Gasteiger partial charge in [0.2, 0.25) is 0 Å². The van der Waals surface area contributed by atoms with Crippen molar-refractivity contribution in [1.82, 2.24) is 4.98 Å². The van der Waals surface area contributed by atoms with Crippen LogP contribution in [0.15, 0.2) is 73.1 Å². The number of benzene rings is 2. The van der Waals surface area contributed by atoms with E-state index in [0.29, 0.717) is 28.8 Å². The molecule has 1 aromatic heterocycles. The van der Waals surface area contributed by atoms with Crippen molar-refractivity contribution in [3.8, 4) is 11.5 Å². The largest absolute Gasteiger partial charge is 0.489 e. The second kappa shape index (κ2) is 9.05. The number of rotatable bonds is 7. The number of halogens is 1. The zero-order valence-electron chi connectivity index (χ0n) is 14.8. The molecule has 1 atom stereocenters. The van der Waals surface area contributed by atoms with Crippen LogP contribution in [-0.4, -0.2) is 17.0 Å². The third kappa shape index (κ3) is 5.72. The molecule has 0 aliphatic rings. The number of nitrogens with zero attached hydrogens (tertiary/aromatic N) is 1. The average molecular weight is 383 g/mol. The summed E-state index contributed by atoms with van der Waals surface area (Å²) in [7, 11) is 0. The van der Waals surface area contributed by atoms with Crippen LogP contribution in [0.1, 0.15) is 12.5 Å².